The van der Waals surface area contributed by atoms with Crippen molar-refractivity contribution in [1.29, 1.82) is 0 Å². The number of hydrogen-bond acceptors (Lipinski definition) is 4. The fourth-order valence-electron chi connectivity index (χ4n) is 15.2. The molecule has 0 spiro atoms. The highest BCUT2D eigenvalue weighted by Gasteiger charge is 2.62. The molecule has 8 saturated carbocycles. The second-order valence-corrected chi connectivity index (χ2v) is 21.0. The van der Waals surface area contributed by atoms with Crippen LogP contribution in [-0.4, -0.2) is 22.2 Å². The second kappa shape index (κ2) is 14.7. The van der Waals surface area contributed by atoms with Crippen molar-refractivity contribution in [3.63, 3.8) is 0 Å². The monoisotopic (exact) mass is 846 g/mol. The Hall–Kier alpha value is -6.14. The Morgan fingerprint density at radius 3 is 1.02 bits per heavy atom. The number of hydrogen-bond donors (Lipinski definition) is 2. The summed E-state index contributed by atoms with van der Waals surface area (Å²) in [6.45, 7) is 0. The van der Waals surface area contributed by atoms with Crippen molar-refractivity contribution in [3.8, 4) is 56.4 Å². The van der Waals surface area contributed by atoms with Gasteiger partial charge in [-0.3, -0.25) is 9.59 Å². The van der Waals surface area contributed by atoms with E-state index in [4.69, 9.17) is 9.47 Å². The molecule has 8 aliphatic carbocycles. The van der Waals surface area contributed by atoms with E-state index in [0.717, 1.165) is 121 Å². The van der Waals surface area contributed by atoms with Crippen LogP contribution in [0.2, 0.25) is 0 Å². The molecule has 6 heteroatoms. The fourth-order valence-corrected chi connectivity index (χ4v) is 15.2. The molecule has 0 aliphatic heterocycles. The number of ether oxygens (including phenoxy) is 2. The molecular weight excluding hydrogens is 793 g/mol. The molecule has 0 heterocycles. The summed E-state index contributed by atoms with van der Waals surface area (Å²) in [4.78, 5) is 25.2. The molecule has 4 atom stereocenters. The number of carboxylic acid groups (broad SMARTS) is 2. The van der Waals surface area contributed by atoms with Gasteiger partial charge in [0.15, 0.2) is 0 Å². The molecule has 0 aromatic heterocycles. The molecule has 0 saturated heterocycles. The highest BCUT2D eigenvalue weighted by atomic mass is 16.5. The van der Waals surface area contributed by atoms with Gasteiger partial charge in [0.05, 0.1) is 10.8 Å². The Balaban J connectivity index is 0.823. The number of carboxylic acids is 2. The largest absolute Gasteiger partial charge is 0.481 e. The van der Waals surface area contributed by atoms with Crippen LogP contribution in [0.4, 0.5) is 0 Å². The maximum Gasteiger partial charge on any atom is 0.309 e. The molecule has 0 amide bonds. The van der Waals surface area contributed by atoms with E-state index in [1.165, 1.54) is 24.0 Å². The first-order chi connectivity index (χ1) is 31.1. The Bertz CT molecular complexity index is 2580. The quantitative estimate of drug-likeness (QED) is 0.135. The average molecular weight is 847 g/mol. The van der Waals surface area contributed by atoms with E-state index in [1.54, 1.807) is 0 Å². The molecular formula is C58H54O6. The van der Waals surface area contributed by atoms with Crippen molar-refractivity contribution in [1.82, 2.24) is 0 Å². The lowest BCUT2D eigenvalue weighted by molar-refractivity contribution is -0.167. The van der Waals surface area contributed by atoms with Gasteiger partial charge in [-0.05, 0) is 181 Å². The third-order valence-corrected chi connectivity index (χ3v) is 16.9. The van der Waals surface area contributed by atoms with Gasteiger partial charge in [-0.2, -0.15) is 0 Å². The molecule has 8 fully saturated rings. The first-order valence-corrected chi connectivity index (χ1v) is 23.5. The van der Waals surface area contributed by atoms with E-state index in [1.807, 2.05) is 24.3 Å². The lowest BCUT2D eigenvalue weighted by Gasteiger charge is -2.60. The summed E-state index contributed by atoms with van der Waals surface area (Å²) in [7, 11) is 0. The Labute approximate surface area is 375 Å². The molecule has 8 aliphatic rings. The van der Waals surface area contributed by atoms with Crippen molar-refractivity contribution in [3.05, 3.63) is 157 Å². The van der Waals surface area contributed by atoms with Crippen molar-refractivity contribution >= 4 is 11.9 Å². The van der Waals surface area contributed by atoms with Gasteiger partial charge in [0.25, 0.3) is 0 Å². The van der Waals surface area contributed by atoms with Crippen molar-refractivity contribution in [2.75, 3.05) is 0 Å². The number of carbonyl (C=O) groups is 2. The zero-order chi connectivity index (χ0) is 43.3. The highest BCUT2D eigenvalue weighted by molar-refractivity contribution is 5.94. The third-order valence-electron chi connectivity index (χ3n) is 16.9. The number of para-hydroxylation sites is 2. The number of rotatable bonds is 11. The van der Waals surface area contributed by atoms with Crippen molar-refractivity contribution in [2.45, 2.75) is 87.9 Å². The zero-order valence-corrected chi connectivity index (χ0v) is 36.2. The fraction of sp³-hybridized carbons (Fsp3) is 0.345. The summed E-state index contributed by atoms with van der Waals surface area (Å²) in [5, 5.41) is 20.7. The summed E-state index contributed by atoms with van der Waals surface area (Å²) < 4.78 is 13.5. The minimum atomic E-state index is -0.601. The third kappa shape index (κ3) is 6.42. The summed E-state index contributed by atoms with van der Waals surface area (Å²) in [5.74, 6) is 3.83. The summed E-state index contributed by atoms with van der Waals surface area (Å²) in [6.07, 6.45) is 11.5. The average Bonchev–Trinajstić information content (AvgIpc) is 3.29. The maximum absolute atomic E-state index is 12.6. The molecule has 6 nitrogen and oxygen atoms in total. The van der Waals surface area contributed by atoms with Crippen molar-refractivity contribution in [2.24, 2.45) is 34.5 Å². The van der Waals surface area contributed by atoms with Crippen LogP contribution in [0.1, 0.15) is 88.2 Å². The lowest BCUT2D eigenvalue weighted by Crippen LogP contribution is -2.56. The standard InChI is InChI=1S/C58H54O6/c59-53(60)57-31-37-25-38(32-57)28-55(27-37,35-57)41-17-21-43(22-18-41)63-51-15-7-5-13-49(51)47-11-3-1-9-45(47)46-10-2-4-12-48(46)50-14-6-8-16-52(50)64-44-23-19-42(20-24-44)56-29-39-26-40(30-56)34-58(33-39,36-56)54(61)62/h1-24,37-40H,25-36H2,(H,59,60)(H,61,62). The predicted octanol–water partition coefficient (Wildman–Crippen LogP) is 14.1. The van der Waals surface area contributed by atoms with E-state index in [2.05, 4.69) is 121 Å². The van der Waals surface area contributed by atoms with Gasteiger partial charge in [0.2, 0.25) is 0 Å². The number of benzene rings is 6. The predicted molar refractivity (Wildman–Crippen MR) is 249 cm³/mol. The number of aliphatic carboxylic acids is 2. The summed E-state index contributed by atoms with van der Waals surface area (Å²) in [5.41, 5.74) is 7.46. The second-order valence-electron chi connectivity index (χ2n) is 21.0. The van der Waals surface area contributed by atoms with Crippen LogP contribution in [0.3, 0.4) is 0 Å². The smallest absolute Gasteiger partial charge is 0.309 e. The van der Waals surface area contributed by atoms with Crippen LogP contribution in [0.15, 0.2) is 146 Å². The Morgan fingerprint density at radius 1 is 0.391 bits per heavy atom. The molecule has 0 radical (unpaired) electrons. The minimum Gasteiger partial charge on any atom is -0.481 e. The van der Waals surface area contributed by atoms with E-state index >= 15 is 0 Å². The van der Waals surface area contributed by atoms with Gasteiger partial charge < -0.3 is 19.7 Å². The van der Waals surface area contributed by atoms with Gasteiger partial charge >= 0.3 is 11.9 Å². The molecule has 8 bridgehead atoms. The maximum atomic E-state index is 12.6. The molecule has 14 rings (SSSR count). The van der Waals surface area contributed by atoms with Crippen LogP contribution in [0.5, 0.6) is 23.0 Å². The van der Waals surface area contributed by atoms with Crippen LogP contribution >= 0.6 is 0 Å². The molecule has 6 aromatic carbocycles. The van der Waals surface area contributed by atoms with Gasteiger partial charge in [-0.25, -0.2) is 0 Å². The topological polar surface area (TPSA) is 93.1 Å². The van der Waals surface area contributed by atoms with Gasteiger partial charge in [-0.15, -0.1) is 0 Å². The summed E-state index contributed by atoms with van der Waals surface area (Å²) in [6, 6.07) is 50.5. The highest BCUT2D eigenvalue weighted by Crippen LogP contribution is 2.67. The molecule has 64 heavy (non-hydrogen) atoms. The molecule has 6 aromatic rings. The normalized spacial score (nSPS) is 30.6. The van der Waals surface area contributed by atoms with Crippen LogP contribution in [-0.2, 0) is 20.4 Å². The van der Waals surface area contributed by atoms with E-state index in [9.17, 15) is 19.8 Å². The summed E-state index contributed by atoms with van der Waals surface area (Å²) >= 11 is 0. The Kier molecular flexibility index (Phi) is 9.06. The van der Waals surface area contributed by atoms with Gasteiger partial charge in [-0.1, -0.05) is 109 Å². The minimum absolute atomic E-state index is 0.0672. The van der Waals surface area contributed by atoms with E-state index < -0.39 is 22.8 Å². The lowest BCUT2D eigenvalue weighted by atomic mass is 9.43. The Morgan fingerprint density at radius 2 is 0.688 bits per heavy atom. The van der Waals surface area contributed by atoms with Gasteiger partial charge in [0, 0.05) is 11.1 Å². The van der Waals surface area contributed by atoms with Crippen LogP contribution in [0, 0.1) is 34.5 Å². The van der Waals surface area contributed by atoms with Crippen molar-refractivity contribution < 1.29 is 29.3 Å². The molecule has 322 valence electrons. The zero-order valence-electron chi connectivity index (χ0n) is 36.2. The molecule has 4 unspecified atom stereocenters. The SMILES string of the molecule is O=C(O)C12CC3CC(C1)CC(c1ccc(Oc4ccccc4-c4ccccc4-c4ccccc4-c4ccccc4Oc4ccc(C56CC7CC(CC(C(=O)O)(C7)C5)C6)cc4)cc1)(C3)C2. The first kappa shape index (κ1) is 39.5. The first-order valence-electron chi connectivity index (χ1n) is 23.5. The molecule has 2 N–H and O–H groups in total. The van der Waals surface area contributed by atoms with E-state index in [0.29, 0.717) is 23.7 Å². The van der Waals surface area contributed by atoms with E-state index in [-0.39, 0.29) is 10.8 Å². The van der Waals surface area contributed by atoms with Crippen LogP contribution in [0.25, 0.3) is 33.4 Å². The van der Waals surface area contributed by atoms with Gasteiger partial charge in [0.1, 0.15) is 23.0 Å². The van der Waals surface area contributed by atoms with Crippen LogP contribution < -0.4 is 9.47 Å².